The molecule has 0 radical (unpaired) electrons. The first-order chi connectivity index (χ1) is 13.5. The zero-order valence-corrected chi connectivity index (χ0v) is 17.1. The Balaban J connectivity index is 2.21. The molecule has 0 fully saturated rings. The third-order valence-electron chi connectivity index (χ3n) is 4.24. The van der Waals surface area contributed by atoms with Crippen molar-refractivity contribution in [2.75, 3.05) is 12.5 Å². The molecule has 1 heterocycles. The molecule has 3 rings (SSSR count). The predicted molar refractivity (Wildman–Crippen MR) is 105 cm³/mol. The van der Waals surface area contributed by atoms with Crippen molar-refractivity contribution in [3.05, 3.63) is 59.8 Å². The fraction of sp³-hybridized carbons (Fsp3) is 0.211. The molecule has 5 nitrogen and oxygen atoms in total. The van der Waals surface area contributed by atoms with Crippen molar-refractivity contribution in [1.29, 1.82) is 0 Å². The number of halogens is 3. The molecule has 2 aromatic carbocycles. The molecule has 0 bridgehead atoms. The molecule has 0 amide bonds. The summed E-state index contributed by atoms with van der Waals surface area (Å²) in [7, 11) is -3.60. The Bertz CT molecular complexity index is 1140. The maximum absolute atomic E-state index is 13.3. The maximum atomic E-state index is 13.3. The van der Waals surface area contributed by atoms with Gasteiger partial charge in [0.15, 0.2) is 15.5 Å². The molecule has 0 spiro atoms. The van der Waals surface area contributed by atoms with Crippen molar-refractivity contribution in [2.24, 2.45) is 0 Å². The number of benzene rings is 2. The van der Waals surface area contributed by atoms with Gasteiger partial charge in [-0.2, -0.15) is 18.3 Å². The van der Waals surface area contributed by atoms with Gasteiger partial charge in [0.05, 0.1) is 22.9 Å². The average Bonchev–Trinajstić information content (AvgIpc) is 3.12. The third-order valence-corrected chi connectivity index (χ3v) is 6.18. The number of hydrogen-bond donors (Lipinski definition) is 1. The van der Waals surface area contributed by atoms with Crippen LogP contribution in [0.4, 0.5) is 13.2 Å². The normalized spacial score (nSPS) is 12.3. The molecule has 0 aliphatic rings. The van der Waals surface area contributed by atoms with Crippen LogP contribution < -0.4 is 0 Å². The van der Waals surface area contributed by atoms with Gasteiger partial charge < -0.3 is 5.11 Å². The van der Waals surface area contributed by atoms with E-state index < -0.39 is 28.3 Å². The van der Waals surface area contributed by atoms with Crippen LogP contribution in [-0.4, -0.2) is 35.8 Å². The van der Waals surface area contributed by atoms with Crippen LogP contribution in [-0.2, 0) is 22.6 Å². The second-order valence-electron chi connectivity index (χ2n) is 6.28. The van der Waals surface area contributed by atoms with E-state index in [0.29, 0.717) is 5.56 Å². The summed E-state index contributed by atoms with van der Waals surface area (Å²) in [6.07, 6.45) is -1.76. The monoisotopic (exact) mass is 442 g/mol. The van der Waals surface area contributed by atoms with Gasteiger partial charge in [0.25, 0.3) is 0 Å². The molecule has 0 saturated heterocycles. The Hall–Kier alpha value is -2.30. The van der Waals surface area contributed by atoms with Gasteiger partial charge in [0.1, 0.15) is 0 Å². The van der Waals surface area contributed by atoms with Crippen LogP contribution in [0.5, 0.6) is 0 Å². The zero-order valence-electron chi connectivity index (χ0n) is 15.4. The molecular formula is C19H17F3N2O3S2. The Kier molecular flexibility index (Phi) is 5.79. The van der Waals surface area contributed by atoms with E-state index in [2.05, 4.69) is 5.10 Å². The van der Waals surface area contributed by atoms with Gasteiger partial charge in [-0.3, -0.25) is 0 Å². The molecule has 0 aliphatic carbocycles. The highest BCUT2D eigenvalue weighted by Gasteiger charge is 2.35. The smallest absolute Gasteiger partial charge is 0.392 e. The lowest BCUT2D eigenvalue weighted by Crippen LogP contribution is -2.08. The highest BCUT2D eigenvalue weighted by molar-refractivity contribution is 7.98. The van der Waals surface area contributed by atoms with Crippen LogP contribution >= 0.6 is 11.8 Å². The second-order valence-corrected chi connectivity index (χ2v) is 9.14. The molecule has 0 aliphatic heterocycles. The molecule has 0 atom stereocenters. The number of nitrogens with zero attached hydrogens (tertiary/aromatic N) is 2. The van der Waals surface area contributed by atoms with E-state index in [4.69, 9.17) is 0 Å². The molecule has 3 aromatic rings. The van der Waals surface area contributed by atoms with Crippen LogP contribution in [0.2, 0.25) is 0 Å². The molecule has 10 heteroatoms. The topological polar surface area (TPSA) is 72.2 Å². The number of rotatable bonds is 5. The largest absolute Gasteiger partial charge is 0.435 e. The Morgan fingerprint density at radius 3 is 2.28 bits per heavy atom. The van der Waals surface area contributed by atoms with Gasteiger partial charge in [-0.15, -0.1) is 11.8 Å². The van der Waals surface area contributed by atoms with Crippen molar-refractivity contribution in [1.82, 2.24) is 9.78 Å². The van der Waals surface area contributed by atoms with Gasteiger partial charge in [0, 0.05) is 16.7 Å². The first-order valence-corrected chi connectivity index (χ1v) is 11.4. The first kappa shape index (κ1) is 21.4. The molecule has 1 aromatic heterocycles. The summed E-state index contributed by atoms with van der Waals surface area (Å²) < 4.78 is 64.7. The maximum Gasteiger partial charge on any atom is 0.435 e. The zero-order chi connectivity index (χ0) is 21.4. The van der Waals surface area contributed by atoms with Gasteiger partial charge in [-0.05, 0) is 48.2 Å². The number of thioether (sulfide) groups is 1. The number of sulfone groups is 1. The minimum atomic E-state index is -4.65. The van der Waals surface area contributed by atoms with E-state index in [1.165, 1.54) is 30.0 Å². The van der Waals surface area contributed by atoms with Crippen LogP contribution in [0.3, 0.4) is 0 Å². The minimum absolute atomic E-state index is 0.0812. The number of aliphatic hydroxyl groups is 1. The summed E-state index contributed by atoms with van der Waals surface area (Å²) in [5, 5.41) is 13.2. The summed E-state index contributed by atoms with van der Waals surface area (Å²) in [6, 6.07) is 11.8. The van der Waals surface area contributed by atoms with Gasteiger partial charge in [-0.1, -0.05) is 12.1 Å². The average molecular weight is 442 g/mol. The quantitative estimate of drug-likeness (QED) is 0.601. The van der Waals surface area contributed by atoms with Crippen molar-refractivity contribution in [3.8, 4) is 16.9 Å². The summed E-state index contributed by atoms with van der Waals surface area (Å²) in [5.74, 6) is 0. The highest BCUT2D eigenvalue weighted by Crippen LogP contribution is 2.34. The SMILES string of the molecule is CSc1ccc(-c2cc(C(F)(F)F)nn2-c2ccc(S(C)(=O)=O)c(CO)c2)cc1. The third kappa shape index (κ3) is 4.49. The van der Waals surface area contributed by atoms with Gasteiger partial charge in [0.2, 0.25) is 0 Å². The molecule has 29 heavy (non-hydrogen) atoms. The number of alkyl halides is 3. The minimum Gasteiger partial charge on any atom is -0.392 e. The molecule has 1 N–H and O–H groups in total. The van der Waals surface area contributed by atoms with Crippen molar-refractivity contribution in [2.45, 2.75) is 22.6 Å². The predicted octanol–water partition coefficient (Wildman–Crippen LogP) is 4.18. The Morgan fingerprint density at radius 1 is 1.10 bits per heavy atom. The lowest BCUT2D eigenvalue weighted by molar-refractivity contribution is -0.141. The van der Waals surface area contributed by atoms with Crippen LogP contribution in [0.1, 0.15) is 11.3 Å². The summed E-state index contributed by atoms with van der Waals surface area (Å²) >= 11 is 1.50. The van der Waals surface area contributed by atoms with Crippen LogP contribution in [0, 0.1) is 0 Å². The highest BCUT2D eigenvalue weighted by atomic mass is 32.2. The number of hydrogen-bond acceptors (Lipinski definition) is 5. The van der Waals surface area contributed by atoms with E-state index in [9.17, 15) is 26.7 Å². The lowest BCUT2D eigenvalue weighted by Gasteiger charge is -2.12. The van der Waals surface area contributed by atoms with Crippen LogP contribution in [0.15, 0.2) is 58.3 Å². The standard InChI is InChI=1S/C19H17F3N2O3S2/c1-28-15-6-3-12(4-7-15)16-10-18(19(20,21)22)23-24(16)14-5-8-17(29(2,26)27)13(9-14)11-25/h3-10,25H,11H2,1-2H3. The second kappa shape index (κ2) is 7.85. The molecule has 0 saturated carbocycles. The Morgan fingerprint density at radius 2 is 1.76 bits per heavy atom. The summed E-state index contributed by atoms with van der Waals surface area (Å²) in [6.45, 7) is -0.582. The van der Waals surface area contributed by atoms with Crippen molar-refractivity contribution >= 4 is 21.6 Å². The van der Waals surface area contributed by atoms with Gasteiger partial charge in [-0.25, -0.2) is 13.1 Å². The van der Waals surface area contributed by atoms with E-state index in [-0.39, 0.29) is 21.8 Å². The van der Waals surface area contributed by atoms with Gasteiger partial charge >= 0.3 is 6.18 Å². The lowest BCUT2D eigenvalue weighted by atomic mass is 10.1. The van der Waals surface area contributed by atoms with E-state index in [1.807, 2.05) is 6.26 Å². The molecule has 154 valence electrons. The molecular weight excluding hydrogens is 425 g/mol. The van der Waals surface area contributed by atoms with Crippen LogP contribution in [0.25, 0.3) is 16.9 Å². The fourth-order valence-corrected chi connectivity index (χ4v) is 4.19. The molecule has 0 unspecified atom stereocenters. The number of aromatic nitrogens is 2. The van der Waals surface area contributed by atoms with E-state index in [1.54, 1.807) is 24.3 Å². The fourth-order valence-electron chi connectivity index (χ4n) is 2.87. The summed E-state index contributed by atoms with van der Waals surface area (Å²) in [4.78, 5) is 0.869. The summed E-state index contributed by atoms with van der Waals surface area (Å²) in [5.41, 5.74) is -0.0673. The van der Waals surface area contributed by atoms with Crippen molar-refractivity contribution < 1.29 is 26.7 Å². The van der Waals surface area contributed by atoms with E-state index >= 15 is 0 Å². The Labute approximate surface area is 170 Å². The first-order valence-electron chi connectivity index (χ1n) is 8.30. The van der Waals surface area contributed by atoms with E-state index in [0.717, 1.165) is 21.9 Å². The number of aliphatic hydroxyl groups excluding tert-OH is 1. The van der Waals surface area contributed by atoms with Crippen molar-refractivity contribution in [3.63, 3.8) is 0 Å².